The highest BCUT2D eigenvalue weighted by atomic mass is 15.2. The molecular formula is C19H26N2. The first-order valence-electron chi connectivity index (χ1n) is 7.99. The van der Waals surface area contributed by atoms with Crippen molar-refractivity contribution >= 4 is 0 Å². The van der Waals surface area contributed by atoms with E-state index >= 15 is 0 Å². The van der Waals surface area contributed by atoms with Crippen molar-refractivity contribution in [3.63, 3.8) is 0 Å². The largest absolute Gasteiger partial charge is 0.348 e. The van der Waals surface area contributed by atoms with Gasteiger partial charge in [0.25, 0.3) is 0 Å². The fourth-order valence-corrected chi connectivity index (χ4v) is 3.17. The highest BCUT2D eigenvalue weighted by molar-refractivity contribution is 5.30. The summed E-state index contributed by atoms with van der Waals surface area (Å²) in [6, 6.07) is 15.8. The van der Waals surface area contributed by atoms with Gasteiger partial charge in [-0.2, -0.15) is 0 Å². The van der Waals surface area contributed by atoms with E-state index in [1.54, 1.807) is 0 Å². The number of rotatable bonds is 3. The minimum absolute atomic E-state index is 0.390. The van der Waals surface area contributed by atoms with Crippen LogP contribution in [-0.2, 0) is 6.54 Å². The predicted molar refractivity (Wildman–Crippen MR) is 88.4 cm³/mol. The lowest BCUT2D eigenvalue weighted by atomic mass is 9.91. The summed E-state index contributed by atoms with van der Waals surface area (Å²) < 4.78 is 2.41. The van der Waals surface area contributed by atoms with E-state index in [-0.39, 0.29) is 0 Å². The van der Waals surface area contributed by atoms with Gasteiger partial charge in [-0.1, -0.05) is 51.1 Å². The van der Waals surface area contributed by atoms with Crippen LogP contribution in [0.5, 0.6) is 0 Å². The van der Waals surface area contributed by atoms with Crippen LogP contribution in [0.15, 0.2) is 48.7 Å². The maximum Gasteiger partial charge on any atom is 0.0756 e. The van der Waals surface area contributed by atoms with Crippen molar-refractivity contribution < 1.29 is 0 Å². The van der Waals surface area contributed by atoms with Gasteiger partial charge in [0, 0.05) is 25.0 Å². The van der Waals surface area contributed by atoms with Gasteiger partial charge in [0.2, 0.25) is 0 Å². The molecule has 0 amide bonds. The Morgan fingerprint density at radius 1 is 1.00 bits per heavy atom. The number of benzene rings is 1. The van der Waals surface area contributed by atoms with E-state index < -0.39 is 0 Å². The lowest BCUT2D eigenvalue weighted by molar-refractivity contribution is 0.159. The normalized spacial score (nSPS) is 19.5. The smallest absolute Gasteiger partial charge is 0.0756 e. The van der Waals surface area contributed by atoms with Crippen LogP contribution in [0.2, 0.25) is 0 Å². The monoisotopic (exact) mass is 282 g/mol. The second kappa shape index (κ2) is 5.69. The molecule has 0 spiro atoms. The van der Waals surface area contributed by atoms with E-state index in [0.717, 1.165) is 19.6 Å². The van der Waals surface area contributed by atoms with Crippen LogP contribution in [0.1, 0.15) is 44.5 Å². The van der Waals surface area contributed by atoms with Crippen molar-refractivity contribution in [1.82, 2.24) is 9.47 Å². The van der Waals surface area contributed by atoms with Crippen LogP contribution in [0, 0.1) is 5.41 Å². The molecule has 0 fully saturated rings. The molecule has 21 heavy (non-hydrogen) atoms. The molecular weight excluding hydrogens is 256 g/mol. The van der Waals surface area contributed by atoms with E-state index in [4.69, 9.17) is 0 Å². The summed E-state index contributed by atoms with van der Waals surface area (Å²) in [6.07, 6.45) is 3.45. The molecule has 3 rings (SSSR count). The molecule has 1 atom stereocenters. The van der Waals surface area contributed by atoms with Gasteiger partial charge in [0.05, 0.1) is 6.04 Å². The summed E-state index contributed by atoms with van der Waals surface area (Å²) in [6.45, 7) is 10.4. The molecule has 0 saturated carbocycles. The summed E-state index contributed by atoms with van der Waals surface area (Å²) in [4.78, 5) is 2.65. The molecule has 2 heteroatoms. The molecule has 0 radical (unpaired) electrons. The van der Waals surface area contributed by atoms with Crippen molar-refractivity contribution in [2.75, 3.05) is 13.1 Å². The van der Waals surface area contributed by atoms with Crippen LogP contribution in [0.4, 0.5) is 0 Å². The molecule has 112 valence electrons. The van der Waals surface area contributed by atoms with Gasteiger partial charge in [-0.3, -0.25) is 4.90 Å². The Kier molecular flexibility index (Phi) is 3.90. The van der Waals surface area contributed by atoms with E-state index in [2.05, 4.69) is 78.9 Å². The van der Waals surface area contributed by atoms with Crippen molar-refractivity contribution in [3.05, 3.63) is 59.9 Å². The molecule has 0 aliphatic carbocycles. The van der Waals surface area contributed by atoms with Crippen LogP contribution in [-0.4, -0.2) is 22.6 Å². The summed E-state index contributed by atoms with van der Waals surface area (Å²) in [5, 5.41) is 0. The van der Waals surface area contributed by atoms with E-state index in [9.17, 15) is 0 Å². The van der Waals surface area contributed by atoms with E-state index in [1.165, 1.54) is 17.7 Å². The van der Waals surface area contributed by atoms with E-state index in [1.807, 2.05) is 0 Å². The molecule has 2 aromatic rings. The number of hydrogen-bond donors (Lipinski definition) is 0. The number of aromatic nitrogens is 1. The third kappa shape index (κ3) is 3.21. The number of hydrogen-bond acceptors (Lipinski definition) is 1. The Morgan fingerprint density at radius 3 is 2.48 bits per heavy atom. The van der Waals surface area contributed by atoms with Crippen molar-refractivity contribution in [3.8, 4) is 0 Å². The molecule has 1 aromatic carbocycles. The number of fused-ring (bicyclic) bond motifs is 1. The number of nitrogens with zero attached hydrogens (tertiary/aromatic N) is 2. The van der Waals surface area contributed by atoms with Crippen molar-refractivity contribution in [2.24, 2.45) is 5.41 Å². The topological polar surface area (TPSA) is 8.17 Å². The van der Waals surface area contributed by atoms with Gasteiger partial charge in [0.1, 0.15) is 0 Å². The van der Waals surface area contributed by atoms with Gasteiger partial charge in [-0.25, -0.2) is 0 Å². The highest BCUT2D eigenvalue weighted by Crippen LogP contribution is 2.33. The maximum atomic E-state index is 2.65. The Hall–Kier alpha value is -1.54. The fraction of sp³-hybridized carbons (Fsp3) is 0.474. The van der Waals surface area contributed by atoms with Gasteiger partial charge >= 0.3 is 0 Å². The van der Waals surface area contributed by atoms with E-state index in [0.29, 0.717) is 11.5 Å². The van der Waals surface area contributed by atoms with Crippen LogP contribution in [0.3, 0.4) is 0 Å². The van der Waals surface area contributed by atoms with Gasteiger partial charge in [0.15, 0.2) is 0 Å². The summed E-state index contributed by atoms with van der Waals surface area (Å²) in [5.74, 6) is 0. The third-order valence-electron chi connectivity index (χ3n) is 4.40. The standard InChI is InChI=1S/C19H26N2/c1-19(2,3)11-13-21-15-14-20-12-7-10-17(20)18(21)16-8-5-4-6-9-16/h4-10,12,18H,11,13-15H2,1-3H3. The zero-order valence-electron chi connectivity index (χ0n) is 13.4. The quantitative estimate of drug-likeness (QED) is 0.813. The average Bonchev–Trinajstić information content (AvgIpc) is 2.93. The first-order chi connectivity index (χ1) is 10.0. The molecule has 0 saturated heterocycles. The average molecular weight is 282 g/mol. The first-order valence-corrected chi connectivity index (χ1v) is 7.99. The van der Waals surface area contributed by atoms with Crippen LogP contribution >= 0.6 is 0 Å². The minimum atomic E-state index is 0.390. The van der Waals surface area contributed by atoms with Gasteiger partial charge < -0.3 is 4.57 Å². The summed E-state index contributed by atoms with van der Waals surface area (Å²) >= 11 is 0. The molecule has 0 N–H and O–H groups in total. The maximum absolute atomic E-state index is 2.65. The summed E-state index contributed by atoms with van der Waals surface area (Å²) in [5.41, 5.74) is 3.23. The molecule has 1 aliphatic rings. The zero-order valence-corrected chi connectivity index (χ0v) is 13.4. The van der Waals surface area contributed by atoms with Crippen molar-refractivity contribution in [2.45, 2.75) is 39.8 Å². The fourth-order valence-electron chi connectivity index (χ4n) is 3.17. The summed E-state index contributed by atoms with van der Waals surface area (Å²) in [7, 11) is 0. The highest BCUT2D eigenvalue weighted by Gasteiger charge is 2.29. The zero-order chi connectivity index (χ0) is 14.9. The molecule has 2 nitrogen and oxygen atoms in total. The Labute approximate surface area is 128 Å². The van der Waals surface area contributed by atoms with Gasteiger partial charge in [-0.15, -0.1) is 0 Å². The van der Waals surface area contributed by atoms with Gasteiger partial charge in [-0.05, 0) is 36.1 Å². The minimum Gasteiger partial charge on any atom is -0.348 e. The molecule has 0 bridgehead atoms. The van der Waals surface area contributed by atoms with Crippen molar-refractivity contribution in [1.29, 1.82) is 0 Å². The second-order valence-electron chi connectivity index (χ2n) is 7.29. The molecule has 1 aliphatic heterocycles. The lowest BCUT2D eigenvalue weighted by Crippen LogP contribution is -2.39. The molecule has 1 unspecified atom stereocenters. The Balaban J connectivity index is 1.89. The van der Waals surface area contributed by atoms with Crippen LogP contribution in [0.25, 0.3) is 0 Å². The Bertz CT molecular complexity index is 577. The second-order valence-corrected chi connectivity index (χ2v) is 7.29. The third-order valence-corrected chi connectivity index (χ3v) is 4.40. The SMILES string of the molecule is CC(C)(C)CCN1CCn2cccc2C1c1ccccc1. The molecule has 1 aromatic heterocycles. The van der Waals surface area contributed by atoms with Crippen LogP contribution < -0.4 is 0 Å². The predicted octanol–water partition coefficient (Wildman–Crippen LogP) is 4.33. The Morgan fingerprint density at radius 2 is 1.76 bits per heavy atom. The lowest BCUT2D eigenvalue weighted by Gasteiger charge is -2.38. The first kappa shape index (κ1) is 14.4. The molecule has 2 heterocycles.